The number of rotatable bonds is 6. The maximum Gasteiger partial charge on any atom is 0.269 e. The summed E-state index contributed by atoms with van der Waals surface area (Å²) in [5.74, 6) is -0.673. The van der Waals surface area contributed by atoms with Crippen LogP contribution >= 0.6 is 0 Å². The van der Waals surface area contributed by atoms with E-state index >= 15 is 0 Å². The molecule has 0 aliphatic heterocycles. The maximum absolute atomic E-state index is 13.2. The van der Waals surface area contributed by atoms with Crippen molar-refractivity contribution in [3.63, 3.8) is 0 Å². The molecule has 5 heteroatoms. The van der Waals surface area contributed by atoms with Crippen LogP contribution in [-0.2, 0) is 6.42 Å². The summed E-state index contributed by atoms with van der Waals surface area (Å²) in [5, 5.41) is 12.3. The molecular weight excluding hydrogens is 341 g/mol. The van der Waals surface area contributed by atoms with Gasteiger partial charge in [0.25, 0.3) is 5.91 Å². The number of nitrogens with zero attached hydrogens (tertiary/aromatic N) is 2. The summed E-state index contributed by atoms with van der Waals surface area (Å²) in [6.45, 7) is 1.94. The molecule has 0 aliphatic carbocycles. The molecule has 0 bridgehead atoms. The third-order valence-electron chi connectivity index (χ3n) is 4.41. The summed E-state index contributed by atoms with van der Waals surface area (Å²) in [6.07, 6.45) is 3.29. The van der Waals surface area contributed by atoms with Gasteiger partial charge in [-0.25, -0.2) is 4.39 Å². The van der Waals surface area contributed by atoms with E-state index in [1.807, 2.05) is 25.1 Å². The van der Waals surface area contributed by atoms with Crippen molar-refractivity contribution in [3.8, 4) is 11.8 Å². The first kappa shape index (κ1) is 18.4. The normalized spacial score (nSPS) is 11.6. The molecule has 0 saturated carbocycles. The lowest BCUT2D eigenvalue weighted by Crippen LogP contribution is -2.34. The smallest absolute Gasteiger partial charge is 0.269 e. The average molecular weight is 361 g/mol. The first-order valence-corrected chi connectivity index (χ1v) is 8.80. The van der Waals surface area contributed by atoms with Gasteiger partial charge in [-0.3, -0.25) is 4.79 Å². The minimum absolute atomic E-state index is 0.0548. The maximum atomic E-state index is 13.2. The Morgan fingerprint density at radius 1 is 1.15 bits per heavy atom. The number of carbonyl (C=O) groups is 1. The van der Waals surface area contributed by atoms with Crippen LogP contribution in [0.3, 0.4) is 0 Å². The van der Waals surface area contributed by atoms with E-state index in [-0.39, 0.29) is 29.0 Å². The standard InChI is InChI=1S/C22H20FN3O/c1-16(7-8-17-5-3-2-4-6-17)25-22(27)21-18(15-24)13-14-26(21)20-11-9-19(23)10-12-20/h2-6,9-14,16H,7-8H2,1H3,(H,25,27). The van der Waals surface area contributed by atoms with Crippen LogP contribution in [0.4, 0.5) is 4.39 Å². The van der Waals surface area contributed by atoms with E-state index in [1.54, 1.807) is 29.0 Å². The van der Waals surface area contributed by atoms with Gasteiger partial charge in [-0.1, -0.05) is 30.3 Å². The Bertz CT molecular complexity index is 955. The number of hydrogen-bond donors (Lipinski definition) is 1. The van der Waals surface area contributed by atoms with Crippen LogP contribution in [-0.4, -0.2) is 16.5 Å². The Balaban J connectivity index is 1.75. The van der Waals surface area contributed by atoms with Crippen molar-refractivity contribution in [2.24, 2.45) is 0 Å². The number of nitrogens with one attached hydrogen (secondary N) is 1. The predicted molar refractivity (Wildman–Crippen MR) is 102 cm³/mol. The Hall–Kier alpha value is -3.39. The number of nitriles is 1. The lowest BCUT2D eigenvalue weighted by atomic mass is 10.1. The second-order valence-corrected chi connectivity index (χ2v) is 6.44. The van der Waals surface area contributed by atoms with Gasteiger partial charge in [0.2, 0.25) is 0 Å². The number of halogens is 1. The number of aromatic nitrogens is 1. The monoisotopic (exact) mass is 361 g/mol. The fraction of sp³-hybridized carbons (Fsp3) is 0.182. The van der Waals surface area contributed by atoms with Crippen LogP contribution in [0, 0.1) is 17.1 Å². The fourth-order valence-electron chi connectivity index (χ4n) is 2.96. The van der Waals surface area contributed by atoms with Crippen molar-refractivity contribution in [1.29, 1.82) is 5.26 Å². The Kier molecular flexibility index (Phi) is 5.68. The number of carbonyl (C=O) groups excluding carboxylic acids is 1. The molecule has 3 rings (SSSR count). The van der Waals surface area contributed by atoms with Gasteiger partial charge in [0.1, 0.15) is 17.6 Å². The van der Waals surface area contributed by atoms with E-state index in [9.17, 15) is 14.4 Å². The molecule has 1 atom stereocenters. The van der Waals surface area contributed by atoms with Crippen LogP contribution in [0.25, 0.3) is 5.69 Å². The van der Waals surface area contributed by atoms with Gasteiger partial charge < -0.3 is 9.88 Å². The molecule has 0 radical (unpaired) electrons. The SMILES string of the molecule is CC(CCc1ccccc1)NC(=O)c1c(C#N)ccn1-c1ccc(F)cc1. The molecule has 0 aliphatic rings. The molecule has 1 aromatic heterocycles. The van der Waals surface area contributed by atoms with Crippen LogP contribution < -0.4 is 5.32 Å². The van der Waals surface area contributed by atoms with Crippen molar-refractivity contribution < 1.29 is 9.18 Å². The molecule has 4 nitrogen and oxygen atoms in total. The summed E-state index contributed by atoms with van der Waals surface area (Å²) in [4.78, 5) is 12.8. The highest BCUT2D eigenvalue weighted by atomic mass is 19.1. The average Bonchev–Trinajstić information content (AvgIpc) is 3.12. The van der Waals surface area contributed by atoms with Crippen LogP contribution in [0.15, 0.2) is 66.9 Å². The van der Waals surface area contributed by atoms with Crippen LogP contribution in [0.1, 0.15) is 35.0 Å². The van der Waals surface area contributed by atoms with Crippen molar-refractivity contribution >= 4 is 5.91 Å². The second kappa shape index (κ2) is 8.33. The molecule has 0 saturated heterocycles. The topological polar surface area (TPSA) is 57.8 Å². The van der Waals surface area contributed by atoms with Gasteiger partial charge in [-0.05, 0) is 55.7 Å². The van der Waals surface area contributed by atoms with Crippen molar-refractivity contribution in [2.45, 2.75) is 25.8 Å². The molecule has 2 aromatic carbocycles. The first-order valence-electron chi connectivity index (χ1n) is 8.80. The summed E-state index contributed by atoms with van der Waals surface area (Å²) in [7, 11) is 0. The summed E-state index contributed by atoms with van der Waals surface area (Å²) in [6, 6.07) is 19.5. The number of aryl methyl sites for hydroxylation is 1. The van der Waals surface area contributed by atoms with E-state index < -0.39 is 0 Å². The van der Waals surface area contributed by atoms with Gasteiger partial charge in [0.05, 0.1) is 5.56 Å². The summed E-state index contributed by atoms with van der Waals surface area (Å²) >= 11 is 0. The highest BCUT2D eigenvalue weighted by molar-refractivity contribution is 5.96. The molecule has 27 heavy (non-hydrogen) atoms. The summed E-state index contributed by atoms with van der Waals surface area (Å²) in [5.41, 5.74) is 2.38. The molecule has 0 spiro atoms. The van der Waals surface area contributed by atoms with Gasteiger partial charge in [0.15, 0.2) is 0 Å². The Morgan fingerprint density at radius 3 is 2.52 bits per heavy atom. The predicted octanol–water partition coefficient (Wildman–Crippen LogP) is 4.24. The third-order valence-corrected chi connectivity index (χ3v) is 4.41. The van der Waals surface area contributed by atoms with Crippen molar-refractivity contribution in [1.82, 2.24) is 9.88 Å². The lowest BCUT2D eigenvalue weighted by molar-refractivity contribution is 0.0931. The minimum Gasteiger partial charge on any atom is -0.348 e. The molecule has 0 fully saturated rings. The Morgan fingerprint density at radius 2 is 1.85 bits per heavy atom. The molecule has 1 unspecified atom stereocenters. The molecule has 3 aromatic rings. The van der Waals surface area contributed by atoms with Crippen molar-refractivity contribution in [2.75, 3.05) is 0 Å². The highest BCUT2D eigenvalue weighted by Gasteiger charge is 2.19. The van der Waals surface area contributed by atoms with Crippen molar-refractivity contribution in [3.05, 3.63) is 89.5 Å². The summed E-state index contributed by atoms with van der Waals surface area (Å²) < 4.78 is 14.8. The van der Waals surface area contributed by atoms with Gasteiger partial charge >= 0.3 is 0 Å². The van der Waals surface area contributed by atoms with Crippen LogP contribution in [0.2, 0.25) is 0 Å². The molecule has 1 N–H and O–H groups in total. The highest BCUT2D eigenvalue weighted by Crippen LogP contribution is 2.18. The molecular formula is C22H20FN3O. The van der Waals surface area contributed by atoms with E-state index in [0.29, 0.717) is 5.69 Å². The van der Waals surface area contributed by atoms with Gasteiger partial charge in [-0.15, -0.1) is 0 Å². The lowest BCUT2D eigenvalue weighted by Gasteiger charge is -2.16. The fourth-order valence-corrected chi connectivity index (χ4v) is 2.96. The third kappa shape index (κ3) is 4.42. The van der Waals surface area contributed by atoms with E-state index in [2.05, 4.69) is 23.5 Å². The van der Waals surface area contributed by atoms with E-state index in [1.165, 1.54) is 17.7 Å². The zero-order chi connectivity index (χ0) is 19.2. The zero-order valence-electron chi connectivity index (χ0n) is 15.0. The first-order chi connectivity index (χ1) is 13.1. The largest absolute Gasteiger partial charge is 0.348 e. The zero-order valence-corrected chi connectivity index (χ0v) is 15.0. The number of benzene rings is 2. The van der Waals surface area contributed by atoms with E-state index in [0.717, 1.165) is 12.8 Å². The molecule has 1 amide bonds. The molecule has 1 heterocycles. The van der Waals surface area contributed by atoms with Gasteiger partial charge in [0, 0.05) is 17.9 Å². The van der Waals surface area contributed by atoms with Crippen LogP contribution in [0.5, 0.6) is 0 Å². The second-order valence-electron chi connectivity index (χ2n) is 6.44. The van der Waals surface area contributed by atoms with E-state index in [4.69, 9.17) is 0 Å². The molecule has 136 valence electrons. The number of amides is 1. The Labute approximate surface area is 157 Å². The number of hydrogen-bond acceptors (Lipinski definition) is 2. The quantitative estimate of drug-likeness (QED) is 0.714. The van der Waals surface area contributed by atoms with Gasteiger partial charge in [-0.2, -0.15) is 5.26 Å². The minimum atomic E-state index is -0.355.